The van der Waals surface area contributed by atoms with Crippen LogP contribution in [0.15, 0.2) is 95.9 Å². The van der Waals surface area contributed by atoms with Crippen LogP contribution in [0, 0.1) is 13.8 Å². The zero-order valence-electron chi connectivity index (χ0n) is 17.9. The van der Waals surface area contributed by atoms with Crippen molar-refractivity contribution in [2.45, 2.75) is 18.7 Å². The fourth-order valence-electron chi connectivity index (χ4n) is 3.59. The number of benzene rings is 4. The first-order valence-corrected chi connectivity index (χ1v) is 11.7. The van der Waals surface area contributed by atoms with Crippen LogP contribution >= 0.6 is 0 Å². The molecule has 0 bridgehead atoms. The molecule has 1 amide bonds. The number of anilines is 2. The second kappa shape index (κ2) is 8.85. The van der Waals surface area contributed by atoms with E-state index in [-0.39, 0.29) is 11.4 Å². The maximum atomic E-state index is 13.5. The molecule has 1 N–H and O–H groups in total. The standard InChI is InChI=1S/C26H24N2O3S/c1-19-13-15-23(16-14-19)32(30,31)28(22-10-5-7-20(2)17-22)18-26(29)27-25-12-6-9-21-8-3-4-11-24(21)25/h3-17H,18H2,1-2H3,(H,27,29). The predicted octanol–water partition coefficient (Wildman–Crippen LogP) is 5.29. The van der Waals surface area contributed by atoms with Crippen molar-refractivity contribution >= 4 is 38.1 Å². The van der Waals surface area contributed by atoms with Gasteiger partial charge in [0.25, 0.3) is 10.0 Å². The summed E-state index contributed by atoms with van der Waals surface area (Å²) in [5.74, 6) is -0.418. The van der Waals surface area contributed by atoms with E-state index in [0.29, 0.717) is 11.4 Å². The lowest BCUT2D eigenvalue weighted by atomic mass is 10.1. The molecule has 0 saturated heterocycles. The number of aryl methyl sites for hydroxylation is 2. The molecule has 4 aromatic rings. The molecule has 0 atom stereocenters. The lowest BCUT2D eigenvalue weighted by Gasteiger charge is -2.24. The highest BCUT2D eigenvalue weighted by atomic mass is 32.2. The molecule has 0 spiro atoms. The van der Waals surface area contributed by atoms with Gasteiger partial charge in [-0.2, -0.15) is 0 Å². The minimum absolute atomic E-state index is 0.141. The molecule has 6 heteroatoms. The SMILES string of the molecule is Cc1ccc(S(=O)(=O)N(CC(=O)Nc2cccc3ccccc23)c2cccc(C)c2)cc1. The zero-order chi connectivity index (χ0) is 22.7. The fraction of sp³-hybridized carbons (Fsp3) is 0.115. The monoisotopic (exact) mass is 444 g/mol. The van der Waals surface area contributed by atoms with Crippen molar-refractivity contribution in [1.82, 2.24) is 0 Å². The number of nitrogens with one attached hydrogen (secondary N) is 1. The highest BCUT2D eigenvalue weighted by molar-refractivity contribution is 7.92. The van der Waals surface area contributed by atoms with Crippen molar-refractivity contribution in [3.05, 3.63) is 102 Å². The van der Waals surface area contributed by atoms with Crippen molar-refractivity contribution in [2.24, 2.45) is 0 Å². The first-order valence-electron chi connectivity index (χ1n) is 10.3. The Balaban J connectivity index is 1.69. The molecule has 32 heavy (non-hydrogen) atoms. The average molecular weight is 445 g/mol. The molecular weight excluding hydrogens is 420 g/mol. The molecule has 0 saturated carbocycles. The molecule has 5 nitrogen and oxygen atoms in total. The number of hydrogen-bond acceptors (Lipinski definition) is 3. The summed E-state index contributed by atoms with van der Waals surface area (Å²) in [6.45, 7) is 3.44. The number of hydrogen-bond donors (Lipinski definition) is 1. The van der Waals surface area contributed by atoms with Gasteiger partial charge >= 0.3 is 0 Å². The van der Waals surface area contributed by atoms with Crippen LogP contribution < -0.4 is 9.62 Å². The summed E-state index contributed by atoms with van der Waals surface area (Å²) in [7, 11) is -3.94. The summed E-state index contributed by atoms with van der Waals surface area (Å²) in [6, 6.07) is 27.1. The van der Waals surface area contributed by atoms with Crippen LogP contribution in [-0.4, -0.2) is 20.9 Å². The van der Waals surface area contributed by atoms with Crippen LogP contribution in [0.25, 0.3) is 10.8 Å². The minimum atomic E-state index is -3.94. The highest BCUT2D eigenvalue weighted by Crippen LogP contribution is 2.26. The normalized spacial score (nSPS) is 11.3. The van der Waals surface area contributed by atoms with Crippen LogP contribution in [0.4, 0.5) is 11.4 Å². The van der Waals surface area contributed by atoms with Gasteiger partial charge in [0, 0.05) is 11.1 Å². The number of sulfonamides is 1. The maximum Gasteiger partial charge on any atom is 0.264 e. The molecule has 0 aliphatic heterocycles. The van der Waals surface area contributed by atoms with Crippen molar-refractivity contribution in [3.63, 3.8) is 0 Å². The topological polar surface area (TPSA) is 66.5 Å². The van der Waals surface area contributed by atoms with E-state index in [4.69, 9.17) is 0 Å². The Morgan fingerprint density at radius 2 is 1.50 bits per heavy atom. The first kappa shape index (κ1) is 21.6. The third kappa shape index (κ3) is 4.50. The molecule has 0 radical (unpaired) electrons. The summed E-state index contributed by atoms with van der Waals surface area (Å²) in [5, 5.41) is 4.78. The molecule has 0 aliphatic rings. The van der Waals surface area contributed by atoms with Gasteiger partial charge in [-0.15, -0.1) is 0 Å². The smallest absolute Gasteiger partial charge is 0.264 e. The van der Waals surface area contributed by atoms with E-state index < -0.39 is 15.9 Å². The van der Waals surface area contributed by atoms with Crippen LogP contribution in [0.3, 0.4) is 0 Å². The number of rotatable bonds is 6. The summed E-state index contributed by atoms with van der Waals surface area (Å²) in [6.07, 6.45) is 0. The molecule has 4 rings (SSSR count). The Morgan fingerprint density at radius 1 is 0.812 bits per heavy atom. The molecule has 0 aromatic heterocycles. The number of nitrogens with zero attached hydrogens (tertiary/aromatic N) is 1. The van der Waals surface area contributed by atoms with Crippen LogP contribution in [0.5, 0.6) is 0 Å². The largest absolute Gasteiger partial charge is 0.324 e. The first-order chi connectivity index (χ1) is 15.3. The Morgan fingerprint density at radius 3 is 2.25 bits per heavy atom. The molecule has 0 unspecified atom stereocenters. The predicted molar refractivity (Wildman–Crippen MR) is 129 cm³/mol. The van der Waals surface area contributed by atoms with Gasteiger partial charge < -0.3 is 5.32 Å². The maximum absolute atomic E-state index is 13.5. The van der Waals surface area contributed by atoms with E-state index in [9.17, 15) is 13.2 Å². The number of carbonyl (C=O) groups excluding carboxylic acids is 1. The number of amides is 1. The van der Waals surface area contributed by atoms with Gasteiger partial charge in [-0.05, 0) is 55.1 Å². The average Bonchev–Trinajstić information content (AvgIpc) is 2.78. The van der Waals surface area contributed by atoms with E-state index in [1.54, 1.807) is 42.5 Å². The Hall–Kier alpha value is -3.64. The van der Waals surface area contributed by atoms with E-state index in [1.807, 2.05) is 62.4 Å². The Labute approximate surface area is 188 Å². The van der Waals surface area contributed by atoms with Gasteiger partial charge in [-0.25, -0.2) is 8.42 Å². The van der Waals surface area contributed by atoms with Crippen molar-refractivity contribution in [3.8, 4) is 0 Å². The Bertz CT molecular complexity index is 1370. The molecule has 4 aromatic carbocycles. The van der Waals surface area contributed by atoms with Crippen molar-refractivity contribution in [1.29, 1.82) is 0 Å². The summed E-state index contributed by atoms with van der Waals surface area (Å²) < 4.78 is 28.2. The van der Waals surface area contributed by atoms with Crippen LogP contribution in [0.1, 0.15) is 11.1 Å². The molecule has 0 fully saturated rings. The molecule has 0 aliphatic carbocycles. The number of fused-ring (bicyclic) bond motifs is 1. The number of carbonyl (C=O) groups is 1. The van der Waals surface area contributed by atoms with Crippen molar-refractivity contribution < 1.29 is 13.2 Å². The highest BCUT2D eigenvalue weighted by Gasteiger charge is 2.27. The van der Waals surface area contributed by atoms with Crippen LogP contribution in [-0.2, 0) is 14.8 Å². The lowest BCUT2D eigenvalue weighted by molar-refractivity contribution is -0.114. The zero-order valence-corrected chi connectivity index (χ0v) is 18.8. The van der Waals surface area contributed by atoms with Gasteiger partial charge in [0.2, 0.25) is 5.91 Å². The second-order valence-electron chi connectivity index (χ2n) is 7.74. The van der Waals surface area contributed by atoms with Gasteiger partial charge in [-0.3, -0.25) is 9.10 Å². The lowest BCUT2D eigenvalue weighted by Crippen LogP contribution is -2.38. The molecule has 162 valence electrons. The van der Waals surface area contributed by atoms with E-state index in [1.165, 1.54) is 0 Å². The summed E-state index contributed by atoms with van der Waals surface area (Å²) in [4.78, 5) is 13.2. The van der Waals surface area contributed by atoms with E-state index in [2.05, 4.69) is 5.32 Å². The van der Waals surface area contributed by atoms with Gasteiger partial charge in [0.1, 0.15) is 6.54 Å². The quantitative estimate of drug-likeness (QED) is 0.439. The van der Waals surface area contributed by atoms with Crippen LogP contribution in [0.2, 0.25) is 0 Å². The third-order valence-electron chi connectivity index (χ3n) is 5.25. The fourth-order valence-corrected chi connectivity index (χ4v) is 5.00. The van der Waals surface area contributed by atoms with E-state index in [0.717, 1.165) is 26.2 Å². The van der Waals surface area contributed by atoms with Gasteiger partial charge in [0.05, 0.1) is 10.6 Å². The van der Waals surface area contributed by atoms with Crippen molar-refractivity contribution in [2.75, 3.05) is 16.2 Å². The Kier molecular flexibility index (Phi) is 5.97. The van der Waals surface area contributed by atoms with E-state index >= 15 is 0 Å². The molecule has 0 heterocycles. The second-order valence-corrected chi connectivity index (χ2v) is 9.60. The van der Waals surface area contributed by atoms with Gasteiger partial charge in [-0.1, -0.05) is 66.2 Å². The third-order valence-corrected chi connectivity index (χ3v) is 7.04. The van der Waals surface area contributed by atoms with Gasteiger partial charge in [0.15, 0.2) is 0 Å². The summed E-state index contributed by atoms with van der Waals surface area (Å²) >= 11 is 0. The molecular formula is C26H24N2O3S. The summed E-state index contributed by atoms with van der Waals surface area (Å²) in [5.41, 5.74) is 2.95. The minimum Gasteiger partial charge on any atom is -0.324 e.